The molecule has 1 aliphatic heterocycles. The highest BCUT2D eigenvalue weighted by molar-refractivity contribution is 7.98. The summed E-state index contributed by atoms with van der Waals surface area (Å²) in [4.78, 5) is 29.8. The van der Waals surface area contributed by atoms with E-state index in [4.69, 9.17) is 0 Å². The molecule has 0 spiro atoms. The average molecular weight is 362 g/mol. The smallest absolute Gasteiger partial charge is 0.318 e. The molecule has 3 amide bonds. The van der Waals surface area contributed by atoms with E-state index in [9.17, 15) is 9.59 Å². The largest absolute Gasteiger partial charge is 0.338 e. The van der Waals surface area contributed by atoms with E-state index >= 15 is 0 Å². The van der Waals surface area contributed by atoms with E-state index in [2.05, 4.69) is 35.8 Å². The maximum atomic E-state index is 12.8. The van der Waals surface area contributed by atoms with Crippen molar-refractivity contribution in [3.05, 3.63) is 29.8 Å². The number of hydrogen-bond acceptors (Lipinski definition) is 3. The summed E-state index contributed by atoms with van der Waals surface area (Å²) in [6.07, 6.45) is 4.60. The molecule has 0 unspecified atom stereocenters. The zero-order chi connectivity index (χ0) is 18.0. The molecule has 6 heteroatoms. The molecule has 136 valence electrons. The highest BCUT2D eigenvalue weighted by atomic mass is 32.2. The maximum absolute atomic E-state index is 12.8. The van der Waals surface area contributed by atoms with Gasteiger partial charge >= 0.3 is 6.03 Å². The van der Waals surface area contributed by atoms with Gasteiger partial charge in [-0.3, -0.25) is 4.79 Å². The minimum atomic E-state index is -0.0810. The fraction of sp³-hybridized carbons (Fsp3) is 0.579. The Bertz CT molecular complexity index is 628. The van der Waals surface area contributed by atoms with Gasteiger partial charge in [0.25, 0.3) is 0 Å². The van der Waals surface area contributed by atoms with Gasteiger partial charge in [-0.05, 0) is 50.6 Å². The van der Waals surface area contributed by atoms with Crippen LogP contribution in [0.2, 0.25) is 0 Å². The lowest BCUT2D eigenvalue weighted by atomic mass is 10.2. The van der Waals surface area contributed by atoms with Crippen LogP contribution < -0.4 is 5.32 Å². The molecular weight excluding hydrogens is 334 g/mol. The highest BCUT2D eigenvalue weighted by Gasteiger charge is 2.36. The molecule has 1 aromatic carbocycles. The molecule has 1 atom stereocenters. The van der Waals surface area contributed by atoms with Crippen molar-refractivity contribution in [2.45, 2.75) is 62.7 Å². The molecule has 0 radical (unpaired) electrons. The lowest BCUT2D eigenvalue weighted by Crippen LogP contribution is -2.46. The summed E-state index contributed by atoms with van der Waals surface area (Å²) in [7, 11) is 0. The van der Waals surface area contributed by atoms with Gasteiger partial charge in [-0.15, -0.1) is 11.8 Å². The van der Waals surface area contributed by atoms with Crippen LogP contribution in [0.15, 0.2) is 29.2 Å². The van der Waals surface area contributed by atoms with Gasteiger partial charge in [0.1, 0.15) is 0 Å². The van der Waals surface area contributed by atoms with Crippen molar-refractivity contribution in [2.75, 3.05) is 12.8 Å². The maximum Gasteiger partial charge on any atom is 0.318 e. The lowest BCUT2D eigenvalue weighted by Gasteiger charge is -2.26. The Morgan fingerprint density at radius 2 is 2.00 bits per heavy atom. The zero-order valence-corrected chi connectivity index (χ0v) is 16.0. The van der Waals surface area contributed by atoms with Gasteiger partial charge in [-0.2, -0.15) is 0 Å². The second-order valence-corrected chi connectivity index (χ2v) is 8.08. The van der Waals surface area contributed by atoms with E-state index < -0.39 is 0 Å². The Hall–Kier alpha value is -1.69. The second kappa shape index (κ2) is 7.68. The van der Waals surface area contributed by atoms with E-state index in [1.54, 1.807) is 11.8 Å². The molecule has 1 aromatic rings. The third-order valence-corrected chi connectivity index (χ3v) is 5.61. The van der Waals surface area contributed by atoms with Crippen molar-refractivity contribution in [1.29, 1.82) is 0 Å². The first-order chi connectivity index (χ1) is 12.0. The Balaban J connectivity index is 1.60. The van der Waals surface area contributed by atoms with Crippen LogP contribution in [-0.4, -0.2) is 52.7 Å². The number of nitrogens with one attached hydrogen (secondary N) is 1. The normalized spacial score (nSPS) is 20.2. The third kappa shape index (κ3) is 4.48. The number of thioether (sulfide) groups is 1. The van der Waals surface area contributed by atoms with Crippen LogP contribution in [0.4, 0.5) is 4.79 Å². The molecule has 1 heterocycles. The molecule has 1 saturated carbocycles. The molecule has 0 aromatic heterocycles. The third-order valence-electron chi connectivity index (χ3n) is 4.87. The second-order valence-electron chi connectivity index (χ2n) is 7.20. The quantitative estimate of drug-likeness (QED) is 0.792. The van der Waals surface area contributed by atoms with Crippen LogP contribution in [0.5, 0.6) is 0 Å². The first-order valence-electron chi connectivity index (χ1n) is 8.97. The first kappa shape index (κ1) is 18.1. The molecule has 2 aliphatic rings. The number of likely N-dealkylation sites (tertiary alicyclic amines) is 1. The molecular formula is C19H27N3O2S. The predicted molar refractivity (Wildman–Crippen MR) is 101 cm³/mol. The molecule has 0 bridgehead atoms. The summed E-state index contributed by atoms with van der Waals surface area (Å²) in [5.74, 6) is 0.130. The van der Waals surface area contributed by atoms with Gasteiger partial charge in [0.15, 0.2) is 0 Å². The average Bonchev–Trinajstić information content (AvgIpc) is 3.36. The van der Waals surface area contributed by atoms with Gasteiger partial charge in [0.05, 0.1) is 6.04 Å². The van der Waals surface area contributed by atoms with Crippen molar-refractivity contribution < 1.29 is 9.59 Å². The van der Waals surface area contributed by atoms with Crippen molar-refractivity contribution in [2.24, 2.45) is 0 Å². The summed E-state index contributed by atoms with van der Waals surface area (Å²) >= 11 is 1.72. The number of benzene rings is 1. The van der Waals surface area contributed by atoms with Gasteiger partial charge in [0, 0.05) is 36.5 Å². The number of carbonyl (C=O) groups excluding carboxylic acids is 2. The Morgan fingerprint density at radius 1 is 1.32 bits per heavy atom. The van der Waals surface area contributed by atoms with Crippen LogP contribution >= 0.6 is 11.8 Å². The van der Waals surface area contributed by atoms with Crippen molar-refractivity contribution in [3.63, 3.8) is 0 Å². The zero-order valence-electron chi connectivity index (χ0n) is 15.2. The van der Waals surface area contributed by atoms with Crippen LogP contribution in [0, 0.1) is 0 Å². The molecule has 5 nitrogen and oxygen atoms in total. The fourth-order valence-electron chi connectivity index (χ4n) is 3.27. The molecule has 3 rings (SSSR count). The first-order valence-corrected chi connectivity index (χ1v) is 10.2. The number of urea groups is 1. The standard InChI is InChI=1S/C19H27N3O2S/c1-13(2)21-12-15(10-18(21)23)20-19(24)22(16-6-7-16)11-14-4-8-17(25-3)9-5-14/h4-5,8-9,13,15-16H,6-7,10-12H2,1-3H3,(H,20,24)/t15-/m1/s1. The SMILES string of the molecule is CSc1ccc(CN(C(=O)N[C@@H]2CC(=O)N(C(C)C)C2)C2CC2)cc1. The van der Waals surface area contributed by atoms with E-state index in [0.717, 1.165) is 18.4 Å². The molecule has 2 fully saturated rings. The van der Waals surface area contributed by atoms with Crippen LogP contribution in [0.25, 0.3) is 0 Å². The Morgan fingerprint density at radius 3 is 2.52 bits per heavy atom. The minimum Gasteiger partial charge on any atom is -0.338 e. The van der Waals surface area contributed by atoms with E-state index in [1.165, 1.54) is 4.90 Å². The van der Waals surface area contributed by atoms with Gasteiger partial charge in [-0.25, -0.2) is 4.79 Å². The molecule has 1 aliphatic carbocycles. The topological polar surface area (TPSA) is 52.7 Å². The van der Waals surface area contributed by atoms with E-state index in [0.29, 0.717) is 25.6 Å². The monoisotopic (exact) mass is 361 g/mol. The van der Waals surface area contributed by atoms with Gasteiger partial charge < -0.3 is 15.1 Å². The fourth-order valence-corrected chi connectivity index (χ4v) is 3.67. The summed E-state index contributed by atoms with van der Waals surface area (Å²) in [5.41, 5.74) is 1.14. The highest BCUT2D eigenvalue weighted by Crippen LogP contribution is 2.29. The predicted octanol–water partition coefficient (Wildman–Crippen LogP) is 3.09. The van der Waals surface area contributed by atoms with Gasteiger partial charge in [-0.1, -0.05) is 12.1 Å². The lowest BCUT2D eigenvalue weighted by molar-refractivity contribution is -0.129. The molecule has 1 saturated heterocycles. The Kier molecular flexibility index (Phi) is 5.57. The van der Waals surface area contributed by atoms with E-state index in [1.807, 2.05) is 23.6 Å². The number of hydrogen-bond donors (Lipinski definition) is 1. The van der Waals surface area contributed by atoms with Crippen LogP contribution in [0.3, 0.4) is 0 Å². The van der Waals surface area contributed by atoms with E-state index in [-0.39, 0.29) is 24.0 Å². The van der Waals surface area contributed by atoms with Gasteiger partial charge in [0.2, 0.25) is 5.91 Å². The van der Waals surface area contributed by atoms with Crippen LogP contribution in [0.1, 0.15) is 38.7 Å². The number of nitrogens with zero attached hydrogens (tertiary/aromatic N) is 2. The summed E-state index contributed by atoms with van der Waals surface area (Å²) in [6.45, 7) is 5.26. The van der Waals surface area contributed by atoms with Crippen molar-refractivity contribution >= 4 is 23.7 Å². The van der Waals surface area contributed by atoms with Crippen molar-refractivity contribution in [3.8, 4) is 0 Å². The minimum absolute atomic E-state index is 0.0418. The van der Waals surface area contributed by atoms with Crippen molar-refractivity contribution in [1.82, 2.24) is 15.1 Å². The summed E-state index contributed by atoms with van der Waals surface area (Å²) < 4.78 is 0. The molecule has 25 heavy (non-hydrogen) atoms. The summed E-state index contributed by atoms with van der Waals surface area (Å²) in [6, 6.07) is 8.77. The summed E-state index contributed by atoms with van der Waals surface area (Å²) in [5, 5.41) is 3.08. The van der Waals surface area contributed by atoms with Crippen LogP contribution in [-0.2, 0) is 11.3 Å². The number of amides is 3. The Labute approximate surface area is 154 Å². The molecule has 1 N–H and O–H groups in total. The number of rotatable bonds is 6. The number of carbonyl (C=O) groups is 2.